The smallest absolute Gasteiger partial charge is 0.156 e. The van der Waals surface area contributed by atoms with E-state index in [1.165, 1.54) is 60.3 Å². The van der Waals surface area contributed by atoms with Gasteiger partial charge in [0.2, 0.25) is 0 Å². The number of thioether (sulfide) groups is 1. The van der Waals surface area contributed by atoms with Crippen molar-refractivity contribution in [2.75, 3.05) is 12.4 Å². The summed E-state index contributed by atoms with van der Waals surface area (Å²) in [6.07, 6.45) is 13.2. The molecule has 35 heavy (non-hydrogen) atoms. The largest absolute Gasteiger partial charge is 0.396 e. The second-order valence-corrected chi connectivity index (χ2v) is 13.5. The fraction of sp³-hybridized carbons (Fsp3) is 0.656. The molecule has 1 aromatic rings. The second kappa shape index (κ2) is 10.6. The predicted molar refractivity (Wildman–Crippen MR) is 147 cm³/mol. The van der Waals surface area contributed by atoms with Crippen LogP contribution in [0, 0.1) is 29.1 Å². The maximum absolute atomic E-state index is 12.3. The van der Waals surface area contributed by atoms with Crippen LogP contribution in [-0.2, 0) is 4.79 Å². The summed E-state index contributed by atoms with van der Waals surface area (Å²) in [6.45, 7) is 7.51. The van der Waals surface area contributed by atoms with Gasteiger partial charge in [-0.1, -0.05) is 38.5 Å². The first-order valence-corrected chi connectivity index (χ1v) is 15.2. The molecule has 190 valence electrons. The molecule has 0 amide bonds. The van der Waals surface area contributed by atoms with Gasteiger partial charge in [0, 0.05) is 23.8 Å². The van der Waals surface area contributed by atoms with Crippen LogP contribution in [0.3, 0.4) is 0 Å². The van der Waals surface area contributed by atoms with Gasteiger partial charge < -0.3 is 5.11 Å². The molecule has 3 heteroatoms. The van der Waals surface area contributed by atoms with Crippen molar-refractivity contribution in [3.05, 3.63) is 52.6 Å². The zero-order valence-corrected chi connectivity index (χ0v) is 22.8. The lowest BCUT2D eigenvalue weighted by atomic mass is 9.51. The van der Waals surface area contributed by atoms with Crippen molar-refractivity contribution >= 4 is 17.5 Å². The number of carbonyl (C=O) groups is 1. The first-order chi connectivity index (χ1) is 16.9. The van der Waals surface area contributed by atoms with Crippen LogP contribution in [0.15, 0.2) is 52.0 Å². The average Bonchev–Trinajstić information content (AvgIpc) is 3.18. The zero-order valence-electron chi connectivity index (χ0n) is 22.0. The number of hydrogen-bond donors (Lipinski definition) is 1. The van der Waals surface area contributed by atoms with Gasteiger partial charge in [0.1, 0.15) is 0 Å². The van der Waals surface area contributed by atoms with Gasteiger partial charge in [-0.05, 0) is 128 Å². The van der Waals surface area contributed by atoms with Gasteiger partial charge in [-0.2, -0.15) is 0 Å². The first kappa shape index (κ1) is 25.3. The summed E-state index contributed by atoms with van der Waals surface area (Å²) >= 11 is 1.99. The van der Waals surface area contributed by atoms with Crippen LogP contribution in [0.5, 0.6) is 0 Å². The zero-order chi connectivity index (χ0) is 24.6. The van der Waals surface area contributed by atoms with Crippen LogP contribution < -0.4 is 0 Å². The Morgan fingerprint density at radius 3 is 2.63 bits per heavy atom. The molecule has 0 spiro atoms. The molecule has 1 N–H and O–H groups in total. The Morgan fingerprint density at radius 2 is 1.89 bits per heavy atom. The van der Waals surface area contributed by atoms with Crippen molar-refractivity contribution in [2.24, 2.45) is 29.1 Å². The van der Waals surface area contributed by atoms with Crippen LogP contribution in [0.1, 0.15) is 96.5 Å². The summed E-state index contributed by atoms with van der Waals surface area (Å²) in [5.74, 6) is 4.89. The Balaban J connectivity index is 1.50. The number of aliphatic hydroxyl groups is 1. The van der Waals surface area contributed by atoms with E-state index < -0.39 is 0 Å². The Hall–Kier alpha value is -1.32. The van der Waals surface area contributed by atoms with Gasteiger partial charge in [0.25, 0.3) is 0 Å². The molecule has 5 rings (SSSR count). The third-order valence-corrected chi connectivity index (χ3v) is 10.9. The fourth-order valence-corrected chi connectivity index (χ4v) is 9.24. The Morgan fingerprint density at radius 1 is 1.09 bits per heavy atom. The molecule has 1 aromatic carbocycles. The standard InChI is InChI=1S/C32H44O2S/c1-21(2)16-18-35-26-11-6-22(7-12-26)29-20-32(3)24(5-4-17-33)9-15-30(32)28-13-8-23-19-25(34)10-14-27(23)31(28)29/h6-7,11-12,19,21,24,28-30,33H,4-5,8-10,13-18,20H2,1-3H3/t24-,28+,29-,30+,32-/m1/s1. The van der Waals surface area contributed by atoms with Gasteiger partial charge in [0.05, 0.1) is 0 Å². The monoisotopic (exact) mass is 492 g/mol. The lowest BCUT2D eigenvalue weighted by molar-refractivity contribution is -0.114. The van der Waals surface area contributed by atoms with Crippen molar-refractivity contribution in [1.82, 2.24) is 0 Å². The van der Waals surface area contributed by atoms with Gasteiger partial charge in [-0.15, -0.1) is 11.8 Å². The van der Waals surface area contributed by atoms with E-state index in [0.717, 1.165) is 37.0 Å². The molecule has 2 fully saturated rings. The first-order valence-electron chi connectivity index (χ1n) is 14.2. The lowest BCUT2D eigenvalue weighted by Crippen LogP contribution is -2.43. The highest BCUT2D eigenvalue weighted by Gasteiger charge is 2.56. The van der Waals surface area contributed by atoms with Crippen molar-refractivity contribution in [3.63, 3.8) is 0 Å². The maximum atomic E-state index is 12.3. The van der Waals surface area contributed by atoms with Crippen LogP contribution >= 0.6 is 11.8 Å². The minimum atomic E-state index is 0.317. The molecule has 5 atom stereocenters. The van der Waals surface area contributed by atoms with Crippen molar-refractivity contribution in [2.45, 2.75) is 95.8 Å². The maximum Gasteiger partial charge on any atom is 0.156 e. The Kier molecular flexibility index (Phi) is 7.66. The Labute approximate surface area is 217 Å². The van der Waals surface area contributed by atoms with Gasteiger partial charge >= 0.3 is 0 Å². The van der Waals surface area contributed by atoms with E-state index in [0.29, 0.717) is 36.1 Å². The summed E-state index contributed by atoms with van der Waals surface area (Å²) in [4.78, 5) is 13.6. The summed E-state index contributed by atoms with van der Waals surface area (Å²) in [6, 6.07) is 9.55. The molecule has 0 heterocycles. The molecule has 0 radical (unpaired) electrons. The molecule has 4 aliphatic rings. The highest BCUT2D eigenvalue weighted by molar-refractivity contribution is 7.99. The third-order valence-electron chi connectivity index (χ3n) is 9.88. The molecule has 2 saturated carbocycles. The summed E-state index contributed by atoms with van der Waals surface area (Å²) in [7, 11) is 0. The van der Waals surface area contributed by atoms with Crippen molar-refractivity contribution in [1.29, 1.82) is 0 Å². The number of hydrogen-bond acceptors (Lipinski definition) is 3. The van der Waals surface area contributed by atoms with Crippen molar-refractivity contribution < 1.29 is 9.90 Å². The van der Waals surface area contributed by atoms with Crippen LogP contribution in [0.2, 0.25) is 0 Å². The van der Waals surface area contributed by atoms with Crippen LogP contribution in [-0.4, -0.2) is 23.2 Å². The van der Waals surface area contributed by atoms with Crippen LogP contribution in [0.25, 0.3) is 0 Å². The molecule has 0 aliphatic heterocycles. The number of aliphatic hydroxyl groups excluding tert-OH is 1. The molecule has 0 bridgehead atoms. The van der Waals surface area contributed by atoms with Gasteiger partial charge in [0.15, 0.2) is 5.78 Å². The van der Waals surface area contributed by atoms with E-state index in [2.05, 4.69) is 45.0 Å². The molecule has 0 aromatic heterocycles. The average molecular weight is 493 g/mol. The normalized spacial score (nSPS) is 32.4. The van der Waals surface area contributed by atoms with E-state index in [-0.39, 0.29) is 0 Å². The highest BCUT2D eigenvalue weighted by atomic mass is 32.2. The van der Waals surface area contributed by atoms with Gasteiger partial charge in [-0.3, -0.25) is 4.79 Å². The SMILES string of the molecule is CC(C)CCSc1ccc([C@H]2C[C@]3(C)[C@H](CCCO)CC[C@H]3[C@@H]3CCC4=CC(=O)CCC4=C32)cc1. The van der Waals surface area contributed by atoms with E-state index in [1.54, 1.807) is 11.1 Å². The van der Waals surface area contributed by atoms with E-state index in [1.807, 2.05) is 17.8 Å². The topological polar surface area (TPSA) is 37.3 Å². The minimum Gasteiger partial charge on any atom is -0.396 e. The van der Waals surface area contributed by atoms with E-state index >= 15 is 0 Å². The lowest BCUT2D eigenvalue weighted by Gasteiger charge is -2.53. The van der Waals surface area contributed by atoms with E-state index in [9.17, 15) is 9.90 Å². The summed E-state index contributed by atoms with van der Waals surface area (Å²) in [5.41, 5.74) is 6.46. The molecule has 4 aliphatic carbocycles. The summed E-state index contributed by atoms with van der Waals surface area (Å²) in [5, 5.41) is 9.55. The third kappa shape index (κ3) is 4.97. The van der Waals surface area contributed by atoms with Crippen molar-refractivity contribution in [3.8, 4) is 0 Å². The quantitative estimate of drug-likeness (QED) is 0.372. The number of allylic oxidation sites excluding steroid dienone is 4. The number of ketones is 1. The molecule has 2 nitrogen and oxygen atoms in total. The van der Waals surface area contributed by atoms with Crippen LogP contribution in [0.4, 0.5) is 0 Å². The number of fused-ring (bicyclic) bond motifs is 4. The number of rotatable bonds is 8. The Bertz CT molecular complexity index is 987. The van der Waals surface area contributed by atoms with Gasteiger partial charge in [-0.25, -0.2) is 0 Å². The molecular weight excluding hydrogens is 448 g/mol. The summed E-state index contributed by atoms with van der Waals surface area (Å²) < 4.78 is 0. The number of benzene rings is 1. The minimum absolute atomic E-state index is 0.317. The second-order valence-electron chi connectivity index (χ2n) is 12.3. The number of carbonyl (C=O) groups excluding carboxylic acids is 1. The fourth-order valence-electron chi connectivity index (χ4n) is 8.08. The predicted octanol–water partition coefficient (Wildman–Crippen LogP) is 8.11. The highest BCUT2D eigenvalue weighted by Crippen LogP contribution is 2.66. The molecule has 0 saturated heterocycles. The molecule has 0 unspecified atom stereocenters. The molecular formula is C32H44O2S. The van der Waals surface area contributed by atoms with E-state index in [4.69, 9.17) is 0 Å².